The standard InChI is InChI=1S/C12H17NO2S.ClH/c13-9-10-5-1-4-8-12(10)16(14,15)11-6-2-3-7-11;/h1,4-5,8,11H,2-3,6-7,9,13H2;1H. The molecule has 1 saturated carbocycles. The van der Waals surface area contributed by atoms with E-state index in [1.807, 2.05) is 6.07 Å². The van der Waals surface area contributed by atoms with Crippen molar-refractivity contribution in [3.05, 3.63) is 29.8 Å². The monoisotopic (exact) mass is 275 g/mol. The van der Waals surface area contributed by atoms with Gasteiger partial charge < -0.3 is 5.73 Å². The molecule has 1 aliphatic rings. The van der Waals surface area contributed by atoms with Gasteiger partial charge in [0.15, 0.2) is 9.84 Å². The van der Waals surface area contributed by atoms with E-state index in [0.29, 0.717) is 4.90 Å². The Bertz CT molecular complexity index is 467. The molecule has 1 aromatic carbocycles. The number of benzene rings is 1. The Morgan fingerprint density at radius 3 is 2.35 bits per heavy atom. The fourth-order valence-corrected chi connectivity index (χ4v) is 4.43. The van der Waals surface area contributed by atoms with Gasteiger partial charge in [0.2, 0.25) is 0 Å². The van der Waals surface area contributed by atoms with Crippen molar-refractivity contribution in [2.45, 2.75) is 42.4 Å². The van der Waals surface area contributed by atoms with Crippen molar-refractivity contribution in [3.8, 4) is 0 Å². The molecular weight excluding hydrogens is 258 g/mol. The maximum atomic E-state index is 12.4. The molecule has 0 amide bonds. The van der Waals surface area contributed by atoms with Crippen LogP contribution in [-0.2, 0) is 16.4 Å². The van der Waals surface area contributed by atoms with Crippen molar-refractivity contribution in [1.82, 2.24) is 0 Å². The summed E-state index contributed by atoms with van der Waals surface area (Å²) in [6.45, 7) is 0.280. The van der Waals surface area contributed by atoms with Gasteiger partial charge in [0.1, 0.15) is 0 Å². The summed E-state index contributed by atoms with van der Waals surface area (Å²) in [5.41, 5.74) is 6.31. The van der Waals surface area contributed by atoms with Crippen LogP contribution in [0.5, 0.6) is 0 Å². The Morgan fingerprint density at radius 2 is 1.76 bits per heavy atom. The number of halogens is 1. The third-order valence-corrected chi connectivity index (χ3v) is 5.60. The molecule has 0 aliphatic heterocycles. The van der Waals surface area contributed by atoms with Gasteiger partial charge in [-0.15, -0.1) is 12.4 Å². The lowest BCUT2D eigenvalue weighted by Crippen LogP contribution is -2.20. The van der Waals surface area contributed by atoms with Crippen molar-refractivity contribution in [2.75, 3.05) is 0 Å². The van der Waals surface area contributed by atoms with Crippen LogP contribution in [0, 0.1) is 0 Å². The van der Waals surface area contributed by atoms with E-state index in [-0.39, 0.29) is 24.2 Å². The summed E-state index contributed by atoms with van der Waals surface area (Å²) in [6.07, 6.45) is 3.63. The van der Waals surface area contributed by atoms with Gasteiger partial charge in [-0.3, -0.25) is 0 Å². The average molecular weight is 276 g/mol. The highest BCUT2D eigenvalue weighted by Crippen LogP contribution is 2.30. The summed E-state index contributed by atoms with van der Waals surface area (Å²) >= 11 is 0. The first-order valence-electron chi connectivity index (χ1n) is 5.68. The minimum atomic E-state index is -3.16. The summed E-state index contributed by atoms with van der Waals surface area (Å²) in [6, 6.07) is 7.06. The molecule has 0 heterocycles. The van der Waals surface area contributed by atoms with E-state index in [9.17, 15) is 8.42 Å². The van der Waals surface area contributed by atoms with Crippen LogP contribution in [0.4, 0.5) is 0 Å². The van der Waals surface area contributed by atoms with E-state index < -0.39 is 9.84 Å². The highest BCUT2D eigenvalue weighted by atomic mass is 35.5. The van der Waals surface area contributed by atoms with Crippen molar-refractivity contribution < 1.29 is 8.42 Å². The second-order valence-electron chi connectivity index (χ2n) is 4.26. The molecule has 2 rings (SSSR count). The maximum Gasteiger partial charge on any atom is 0.181 e. The first kappa shape index (κ1) is 14.5. The highest BCUT2D eigenvalue weighted by molar-refractivity contribution is 7.92. The van der Waals surface area contributed by atoms with Crippen LogP contribution >= 0.6 is 12.4 Å². The molecule has 1 aliphatic carbocycles. The Hall–Kier alpha value is -0.580. The molecule has 0 saturated heterocycles. The van der Waals surface area contributed by atoms with Crippen LogP contribution in [-0.4, -0.2) is 13.7 Å². The van der Waals surface area contributed by atoms with Crippen molar-refractivity contribution >= 4 is 22.2 Å². The largest absolute Gasteiger partial charge is 0.326 e. The fraction of sp³-hybridized carbons (Fsp3) is 0.500. The van der Waals surface area contributed by atoms with Gasteiger partial charge >= 0.3 is 0 Å². The summed E-state index contributed by atoms with van der Waals surface area (Å²) in [7, 11) is -3.16. The molecule has 1 aromatic rings. The second-order valence-corrected chi connectivity index (χ2v) is 6.46. The van der Waals surface area contributed by atoms with Gasteiger partial charge in [-0.25, -0.2) is 8.42 Å². The van der Waals surface area contributed by atoms with Crippen LogP contribution < -0.4 is 5.73 Å². The summed E-state index contributed by atoms with van der Waals surface area (Å²) < 4.78 is 24.7. The zero-order chi connectivity index (χ0) is 11.6. The van der Waals surface area contributed by atoms with Gasteiger partial charge in [0, 0.05) is 6.54 Å². The molecule has 0 radical (unpaired) electrons. The van der Waals surface area contributed by atoms with Crippen molar-refractivity contribution in [3.63, 3.8) is 0 Å². The lowest BCUT2D eigenvalue weighted by Gasteiger charge is -2.13. The van der Waals surface area contributed by atoms with Crippen LogP contribution in [0.1, 0.15) is 31.2 Å². The minimum absolute atomic E-state index is 0. The van der Waals surface area contributed by atoms with Gasteiger partial charge in [-0.1, -0.05) is 31.0 Å². The Labute approximate surface area is 109 Å². The molecule has 17 heavy (non-hydrogen) atoms. The van der Waals surface area contributed by atoms with Crippen molar-refractivity contribution in [1.29, 1.82) is 0 Å². The summed E-state index contributed by atoms with van der Waals surface area (Å²) in [4.78, 5) is 0.435. The predicted molar refractivity (Wildman–Crippen MR) is 71.0 cm³/mol. The molecule has 0 aromatic heterocycles. The Kier molecular flexibility index (Phi) is 4.98. The van der Waals surface area contributed by atoms with Gasteiger partial charge in [-0.2, -0.15) is 0 Å². The molecule has 3 nitrogen and oxygen atoms in total. The molecule has 0 spiro atoms. The smallest absolute Gasteiger partial charge is 0.181 e. The summed E-state index contributed by atoms with van der Waals surface area (Å²) in [5.74, 6) is 0. The van der Waals surface area contributed by atoms with E-state index in [1.54, 1.807) is 18.2 Å². The number of nitrogens with two attached hydrogens (primary N) is 1. The molecule has 1 fully saturated rings. The Balaban J connectivity index is 0.00000144. The quantitative estimate of drug-likeness (QED) is 0.921. The number of hydrogen-bond acceptors (Lipinski definition) is 3. The molecule has 96 valence electrons. The third kappa shape index (κ3) is 2.81. The van der Waals surface area contributed by atoms with Crippen LogP contribution in [0.25, 0.3) is 0 Å². The SMILES string of the molecule is Cl.NCc1ccccc1S(=O)(=O)C1CCCC1. The lowest BCUT2D eigenvalue weighted by molar-refractivity contribution is 0.578. The van der Waals surface area contributed by atoms with E-state index in [2.05, 4.69) is 0 Å². The normalized spacial score (nSPS) is 16.8. The first-order chi connectivity index (χ1) is 7.66. The minimum Gasteiger partial charge on any atom is -0.326 e. The molecule has 0 unspecified atom stereocenters. The zero-order valence-electron chi connectivity index (χ0n) is 9.63. The number of sulfone groups is 1. The van der Waals surface area contributed by atoms with Crippen molar-refractivity contribution in [2.24, 2.45) is 5.73 Å². The van der Waals surface area contributed by atoms with E-state index in [1.165, 1.54) is 0 Å². The summed E-state index contributed by atoms with van der Waals surface area (Å²) in [5, 5.41) is -0.194. The van der Waals surface area contributed by atoms with E-state index in [0.717, 1.165) is 31.2 Å². The first-order valence-corrected chi connectivity index (χ1v) is 7.23. The van der Waals surface area contributed by atoms with Gasteiger partial charge in [-0.05, 0) is 24.5 Å². The topological polar surface area (TPSA) is 60.2 Å². The van der Waals surface area contributed by atoms with Crippen LogP contribution in [0.15, 0.2) is 29.2 Å². The molecule has 0 bridgehead atoms. The third-order valence-electron chi connectivity index (χ3n) is 3.24. The lowest BCUT2D eigenvalue weighted by atomic mass is 10.2. The fourth-order valence-electron chi connectivity index (χ4n) is 2.33. The zero-order valence-corrected chi connectivity index (χ0v) is 11.3. The molecular formula is C12H18ClNO2S. The van der Waals surface area contributed by atoms with E-state index in [4.69, 9.17) is 5.73 Å². The number of rotatable bonds is 3. The predicted octanol–water partition coefficient (Wildman–Crippen LogP) is 2.28. The highest BCUT2D eigenvalue weighted by Gasteiger charge is 2.31. The van der Waals surface area contributed by atoms with Gasteiger partial charge in [0.05, 0.1) is 10.1 Å². The maximum absolute atomic E-state index is 12.4. The second kappa shape index (κ2) is 5.85. The Morgan fingerprint density at radius 1 is 1.18 bits per heavy atom. The van der Waals surface area contributed by atoms with Crippen LogP contribution in [0.3, 0.4) is 0 Å². The van der Waals surface area contributed by atoms with Crippen LogP contribution in [0.2, 0.25) is 0 Å². The molecule has 0 atom stereocenters. The van der Waals surface area contributed by atoms with E-state index >= 15 is 0 Å². The average Bonchev–Trinajstić information content (AvgIpc) is 2.83. The number of hydrogen-bond donors (Lipinski definition) is 1. The van der Waals surface area contributed by atoms with Gasteiger partial charge in [0.25, 0.3) is 0 Å². The molecule has 5 heteroatoms. The molecule has 2 N–H and O–H groups in total.